The maximum Gasteiger partial charge on any atom is 0.258 e. The average Bonchev–Trinajstić information content (AvgIpc) is 2.88. The van der Waals surface area contributed by atoms with Gasteiger partial charge in [-0.2, -0.15) is 4.98 Å². The van der Waals surface area contributed by atoms with Crippen molar-refractivity contribution < 1.29 is 14.0 Å². The molecule has 0 aliphatic carbocycles. The number of fused-ring (bicyclic) bond motifs is 1. The molecular weight excluding hydrogens is 235 g/mol. The molecule has 0 spiro atoms. The number of halogens is 1. The third kappa shape index (κ3) is 1.65. The minimum absolute atomic E-state index is 0.207. The molecule has 2 aromatic carbocycles. The molecule has 1 heterocycles. The van der Waals surface area contributed by atoms with Crippen LogP contribution in [-0.2, 0) is 6.61 Å². The first-order valence-electron chi connectivity index (χ1n) is 5.40. The van der Waals surface area contributed by atoms with E-state index in [0.29, 0.717) is 16.3 Å². The van der Waals surface area contributed by atoms with E-state index in [1.165, 1.54) is 6.07 Å². The first-order chi connectivity index (χ1) is 8.79. The topological polar surface area (TPSA) is 59.2 Å². The number of aromatic nitrogens is 2. The Bertz CT molecular complexity index is 709. The van der Waals surface area contributed by atoms with Gasteiger partial charge in [-0.25, -0.2) is 4.39 Å². The highest BCUT2D eigenvalue weighted by Crippen LogP contribution is 2.29. The van der Waals surface area contributed by atoms with Crippen molar-refractivity contribution in [3.8, 4) is 11.5 Å². The van der Waals surface area contributed by atoms with Crippen LogP contribution in [0, 0.1) is 5.82 Å². The molecule has 0 saturated carbocycles. The van der Waals surface area contributed by atoms with Crippen molar-refractivity contribution in [3.05, 3.63) is 48.0 Å². The summed E-state index contributed by atoms with van der Waals surface area (Å²) in [6, 6.07) is 10.0. The van der Waals surface area contributed by atoms with Crippen molar-refractivity contribution in [2.45, 2.75) is 6.61 Å². The maximum atomic E-state index is 13.6. The molecule has 18 heavy (non-hydrogen) atoms. The van der Waals surface area contributed by atoms with Gasteiger partial charge in [-0.3, -0.25) is 0 Å². The Morgan fingerprint density at radius 3 is 2.61 bits per heavy atom. The molecule has 0 saturated heterocycles. The van der Waals surface area contributed by atoms with Crippen LogP contribution in [0.2, 0.25) is 0 Å². The van der Waals surface area contributed by atoms with Gasteiger partial charge in [-0.1, -0.05) is 29.4 Å². The molecule has 3 rings (SSSR count). The smallest absolute Gasteiger partial charge is 0.258 e. The molecule has 0 aliphatic rings. The summed E-state index contributed by atoms with van der Waals surface area (Å²) in [5.74, 6) is 0.185. The van der Waals surface area contributed by atoms with Crippen molar-refractivity contribution in [2.24, 2.45) is 0 Å². The molecule has 0 aliphatic heterocycles. The van der Waals surface area contributed by atoms with Crippen LogP contribution in [0.4, 0.5) is 4.39 Å². The molecule has 1 aromatic heterocycles. The number of nitrogens with zero attached hydrogens (tertiary/aromatic N) is 2. The standard InChI is InChI=1S/C13H9FN2O2/c14-11-6-5-10(8-3-1-2-4-9(8)11)13-15-12(7-17)16-18-13/h1-6,17H,7H2. The average molecular weight is 244 g/mol. The molecule has 0 fully saturated rings. The zero-order valence-corrected chi connectivity index (χ0v) is 9.30. The van der Waals surface area contributed by atoms with Crippen molar-refractivity contribution in [2.75, 3.05) is 0 Å². The van der Waals surface area contributed by atoms with Crippen LogP contribution >= 0.6 is 0 Å². The largest absolute Gasteiger partial charge is 0.388 e. The van der Waals surface area contributed by atoms with Crippen LogP contribution in [0.3, 0.4) is 0 Å². The highest BCUT2D eigenvalue weighted by molar-refractivity contribution is 5.95. The summed E-state index contributed by atoms with van der Waals surface area (Å²) >= 11 is 0. The first kappa shape index (κ1) is 10.9. The normalized spacial score (nSPS) is 11.0. The highest BCUT2D eigenvalue weighted by atomic mass is 19.1. The first-order valence-corrected chi connectivity index (χ1v) is 5.40. The van der Waals surface area contributed by atoms with Gasteiger partial charge in [-0.15, -0.1) is 0 Å². The van der Waals surface area contributed by atoms with Gasteiger partial charge in [0.05, 0.1) is 0 Å². The van der Waals surface area contributed by atoms with Gasteiger partial charge < -0.3 is 9.63 Å². The molecule has 90 valence electrons. The van der Waals surface area contributed by atoms with Gasteiger partial charge in [0, 0.05) is 10.9 Å². The molecule has 0 atom stereocenters. The number of hydrogen-bond acceptors (Lipinski definition) is 4. The monoisotopic (exact) mass is 244 g/mol. The van der Waals surface area contributed by atoms with E-state index in [1.807, 2.05) is 6.07 Å². The van der Waals surface area contributed by atoms with Crippen molar-refractivity contribution in [3.63, 3.8) is 0 Å². The Morgan fingerprint density at radius 2 is 1.89 bits per heavy atom. The van der Waals surface area contributed by atoms with Gasteiger partial charge >= 0.3 is 0 Å². The molecule has 3 aromatic rings. The SMILES string of the molecule is OCc1noc(-c2ccc(F)c3ccccc23)n1. The fraction of sp³-hybridized carbons (Fsp3) is 0.0769. The van der Waals surface area contributed by atoms with E-state index in [1.54, 1.807) is 24.3 Å². The van der Waals surface area contributed by atoms with Crippen LogP contribution in [0.15, 0.2) is 40.9 Å². The summed E-state index contributed by atoms with van der Waals surface area (Å²) < 4.78 is 18.7. The predicted octanol–water partition coefficient (Wildman–Crippen LogP) is 2.52. The summed E-state index contributed by atoms with van der Waals surface area (Å²) in [5.41, 5.74) is 0.652. The summed E-state index contributed by atoms with van der Waals surface area (Å²) in [7, 11) is 0. The molecule has 0 radical (unpaired) electrons. The third-order valence-electron chi connectivity index (χ3n) is 2.71. The number of rotatable bonds is 2. The number of aliphatic hydroxyl groups excluding tert-OH is 1. The van der Waals surface area contributed by atoms with E-state index in [-0.39, 0.29) is 24.1 Å². The lowest BCUT2D eigenvalue weighted by Gasteiger charge is -2.03. The summed E-state index contributed by atoms with van der Waals surface area (Å²) in [4.78, 5) is 4.03. The Morgan fingerprint density at radius 1 is 1.11 bits per heavy atom. The Hall–Kier alpha value is -2.27. The Kier molecular flexibility index (Phi) is 2.53. The maximum absolute atomic E-state index is 13.6. The predicted molar refractivity (Wildman–Crippen MR) is 63.1 cm³/mol. The quantitative estimate of drug-likeness (QED) is 0.752. The van der Waals surface area contributed by atoms with Crippen LogP contribution in [-0.4, -0.2) is 15.2 Å². The van der Waals surface area contributed by atoms with E-state index in [2.05, 4.69) is 10.1 Å². The Labute approximate surface area is 102 Å². The van der Waals surface area contributed by atoms with Crippen LogP contribution in [0.1, 0.15) is 5.82 Å². The molecular formula is C13H9FN2O2. The minimum atomic E-state index is -0.295. The minimum Gasteiger partial charge on any atom is -0.388 e. The zero-order chi connectivity index (χ0) is 12.5. The van der Waals surface area contributed by atoms with Gasteiger partial charge in [0.15, 0.2) is 5.82 Å². The van der Waals surface area contributed by atoms with Crippen molar-refractivity contribution in [1.82, 2.24) is 10.1 Å². The third-order valence-corrected chi connectivity index (χ3v) is 2.71. The molecule has 0 amide bonds. The molecule has 0 unspecified atom stereocenters. The van der Waals surface area contributed by atoms with Crippen LogP contribution in [0.25, 0.3) is 22.2 Å². The number of hydrogen-bond donors (Lipinski definition) is 1. The lowest BCUT2D eigenvalue weighted by Crippen LogP contribution is -1.87. The van der Waals surface area contributed by atoms with Gasteiger partial charge in [0.25, 0.3) is 5.89 Å². The van der Waals surface area contributed by atoms with E-state index >= 15 is 0 Å². The van der Waals surface area contributed by atoms with Gasteiger partial charge in [0.1, 0.15) is 12.4 Å². The summed E-state index contributed by atoms with van der Waals surface area (Å²) in [6.45, 7) is -0.289. The second-order valence-electron chi connectivity index (χ2n) is 3.81. The van der Waals surface area contributed by atoms with Crippen molar-refractivity contribution in [1.29, 1.82) is 0 Å². The lowest BCUT2D eigenvalue weighted by molar-refractivity contribution is 0.264. The van der Waals surface area contributed by atoms with E-state index in [9.17, 15) is 4.39 Å². The summed E-state index contributed by atoms with van der Waals surface area (Å²) in [5, 5.41) is 13.7. The summed E-state index contributed by atoms with van der Waals surface area (Å²) in [6.07, 6.45) is 0. The van der Waals surface area contributed by atoms with E-state index in [0.717, 1.165) is 0 Å². The number of aliphatic hydroxyl groups is 1. The molecule has 5 heteroatoms. The molecule has 0 bridgehead atoms. The van der Waals surface area contributed by atoms with Crippen LogP contribution < -0.4 is 0 Å². The van der Waals surface area contributed by atoms with E-state index < -0.39 is 0 Å². The lowest BCUT2D eigenvalue weighted by atomic mass is 10.0. The fourth-order valence-corrected chi connectivity index (χ4v) is 1.88. The van der Waals surface area contributed by atoms with E-state index in [4.69, 9.17) is 9.63 Å². The second-order valence-corrected chi connectivity index (χ2v) is 3.81. The van der Waals surface area contributed by atoms with Gasteiger partial charge in [0.2, 0.25) is 0 Å². The van der Waals surface area contributed by atoms with Crippen LogP contribution in [0.5, 0.6) is 0 Å². The highest BCUT2D eigenvalue weighted by Gasteiger charge is 2.13. The number of benzene rings is 2. The van der Waals surface area contributed by atoms with Gasteiger partial charge in [-0.05, 0) is 17.5 Å². The zero-order valence-electron chi connectivity index (χ0n) is 9.30. The Balaban J connectivity index is 2.26. The molecule has 4 nitrogen and oxygen atoms in total. The fourth-order valence-electron chi connectivity index (χ4n) is 1.88. The second kappa shape index (κ2) is 4.19. The molecule has 1 N–H and O–H groups in total. The van der Waals surface area contributed by atoms with Crippen molar-refractivity contribution >= 4 is 10.8 Å².